The maximum atomic E-state index is 5.85. The van der Waals surface area contributed by atoms with Gasteiger partial charge in [0.15, 0.2) is 23.1 Å². The van der Waals surface area contributed by atoms with Crippen molar-refractivity contribution in [2.24, 2.45) is 0 Å². The summed E-state index contributed by atoms with van der Waals surface area (Å²) in [6.07, 6.45) is 8.38. The molecule has 2 aliphatic heterocycles. The molecule has 14 heteroatoms. The van der Waals surface area contributed by atoms with E-state index in [4.69, 9.17) is 32.7 Å². The lowest BCUT2D eigenvalue weighted by Crippen LogP contribution is -2.31. The molecule has 0 saturated heterocycles. The first-order chi connectivity index (χ1) is 17.6. The van der Waals surface area contributed by atoms with E-state index in [1.54, 1.807) is 39.3 Å². The van der Waals surface area contributed by atoms with Crippen molar-refractivity contribution in [3.63, 3.8) is 0 Å². The number of aromatic nitrogens is 8. The fraction of sp³-hybridized carbons (Fsp3) is 0.364. The molecule has 6 rings (SSSR count). The molecule has 0 spiro atoms. The number of fused-ring (bicyclic) bond motifs is 2. The fourth-order valence-corrected chi connectivity index (χ4v) is 4.47. The number of halogens is 2. The van der Waals surface area contributed by atoms with Crippen molar-refractivity contribution in [1.82, 2.24) is 39.9 Å². The quantitative estimate of drug-likeness (QED) is 0.379. The summed E-state index contributed by atoms with van der Waals surface area (Å²) in [7, 11) is 3.20. The Labute approximate surface area is 217 Å². The number of imidazole rings is 2. The zero-order chi connectivity index (χ0) is 25.1. The van der Waals surface area contributed by atoms with Crippen molar-refractivity contribution >= 4 is 34.8 Å². The maximum Gasteiger partial charge on any atom is 0.224 e. The molecule has 0 aliphatic carbocycles. The molecule has 2 N–H and O–H groups in total. The normalized spacial score (nSPS) is 14.4. The smallest absolute Gasteiger partial charge is 0.224 e. The van der Waals surface area contributed by atoms with Crippen molar-refractivity contribution in [3.05, 3.63) is 58.4 Å². The van der Waals surface area contributed by atoms with Crippen LogP contribution in [0, 0.1) is 0 Å². The van der Waals surface area contributed by atoms with Gasteiger partial charge >= 0.3 is 0 Å². The van der Waals surface area contributed by atoms with Gasteiger partial charge in [0.05, 0.1) is 75.1 Å². The topological polar surface area (TPSA) is 134 Å². The second-order valence-electron chi connectivity index (χ2n) is 8.06. The summed E-state index contributed by atoms with van der Waals surface area (Å²) in [5.74, 6) is 2.69. The molecule has 2 aliphatic rings. The van der Waals surface area contributed by atoms with Crippen LogP contribution in [0.1, 0.15) is 22.8 Å². The van der Waals surface area contributed by atoms with Crippen LogP contribution in [0.25, 0.3) is 0 Å². The largest absolute Gasteiger partial charge is 0.491 e. The molecule has 12 nitrogen and oxygen atoms in total. The average molecular weight is 531 g/mol. The average Bonchev–Trinajstić information content (AvgIpc) is 3.57. The molecule has 36 heavy (non-hydrogen) atoms. The summed E-state index contributed by atoms with van der Waals surface area (Å²) in [5, 5.41) is 0.447. The van der Waals surface area contributed by atoms with Crippen molar-refractivity contribution in [3.8, 4) is 11.5 Å². The van der Waals surface area contributed by atoms with Crippen LogP contribution in [-0.2, 0) is 25.9 Å². The van der Waals surface area contributed by atoms with E-state index in [0.717, 1.165) is 73.4 Å². The number of H-pyrrole nitrogens is 2. The Bertz CT molecular complexity index is 1240. The van der Waals surface area contributed by atoms with E-state index in [0.29, 0.717) is 11.5 Å². The van der Waals surface area contributed by atoms with Crippen LogP contribution in [0.3, 0.4) is 0 Å². The molecular formula is C22H24Cl2N10O2. The minimum atomic E-state index is 0.223. The third-order valence-corrected chi connectivity index (χ3v) is 6.37. The first kappa shape index (κ1) is 24.1. The van der Waals surface area contributed by atoms with Crippen molar-refractivity contribution < 1.29 is 9.47 Å². The van der Waals surface area contributed by atoms with Crippen LogP contribution in [-0.4, -0.2) is 67.2 Å². The second-order valence-corrected chi connectivity index (χ2v) is 8.74. The Hall–Kier alpha value is -3.64. The maximum absolute atomic E-state index is 5.85. The van der Waals surface area contributed by atoms with E-state index >= 15 is 0 Å². The fourth-order valence-electron chi connectivity index (χ4n) is 4.21. The third-order valence-electron chi connectivity index (χ3n) is 6.00. The van der Waals surface area contributed by atoms with Crippen LogP contribution < -0.4 is 19.3 Å². The summed E-state index contributed by atoms with van der Waals surface area (Å²) in [6.45, 7) is 3.11. The van der Waals surface area contributed by atoms with E-state index in [9.17, 15) is 0 Å². The minimum absolute atomic E-state index is 0.223. The van der Waals surface area contributed by atoms with Crippen LogP contribution in [0.2, 0.25) is 10.6 Å². The Balaban J connectivity index is 0.000000148. The molecule has 0 unspecified atom stereocenters. The van der Waals surface area contributed by atoms with Gasteiger partial charge in [0.1, 0.15) is 0 Å². The molecule has 0 fully saturated rings. The number of rotatable bonds is 4. The SMILES string of the molecule is COc1cnc(Cl)nc1N1CCc2nc[nH]c2C1.COc1cnc(Cl)nc1N1CCc2nc[nH]c2C1. The Morgan fingerprint density at radius 2 is 1.17 bits per heavy atom. The Morgan fingerprint density at radius 1 is 0.722 bits per heavy atom. The standard InChI is InChI=1S/2C11H12ClN5O/c2*1-18-9-4-13-11(12)16-10(9)17-3-2-7-8(5-17)15-6-14-7/h2*4,6H,2-3,5H2,1H3,(H,14,15). The molecule has 4 aromatic heterocycles. The van der Waals surface area contributed by atoms with Crippen LogP contribution in [0.4, 0.5) is 11.6 Å². The molecule has 0 aromatic carbocycles. The van der Waals surface area contributed by atoms with Gasteiger partial charge in [0.2, 0.25) is 10.6 Å². The number of hydrogen-bond acceptors (Lipinski definition) is 10. The van der Waals surface area contributed by atoms with Gasteiger partial charge in [-0.3, -0.25) is 0 Å². The number of anilines is 2. The van der Waals surface area contributed by atoms with E-state index in [-0.39, 0.29) is 10.6 Å². The Morgan fingerprint density at radius 3 is 1.58 bits per heavy atom. The minimum Gasteiger partial charge on any atom is -0.491 e. The van der Waals surface area contributed by atoms with Gasteiger partial charge in [-0.1, -0.05) is 0 Å². The molecular weight excluding hydrogens is 507 g/mol. The van der Waals surface area contributed by atoms with Gasteiger partial charge < -0.3 is 29.2 Å². The summed E-state index contributed by atoms with van der Waals surface area (Å²) in [6, 6.07) is 0. The molecule has 6 heterocycles. The monoisotopic (exact) mass is 530 g/mol. The Kier molecular flexibility index (Phi) is 7.05. The van der Waals surface area contributed by atoms with Gasteiger partial charge in [0, 0.05) is 25.9 Å². The summed E-state index contributed by atoms with van der Waals surface area (Å²) in [5.41, 5.74) is 4.45. The zero-order valence-corrected chi connectivity index (χ0v) is 21.2. The van der Waals surface area contributed by atoms with Crippen molar-refractivity contribution in [2.75, 3.05) is 37.1 Å². The highest BCUT2D eigenvalue weighted by molar-refractivity contribution is 6.28. The lowest BCUT2D eigenvalue weighted by molar-refractivity contribution is 0.409. The highest BCUT2D eigenvalue weighted by atomic mass is 35.5. The van der Waals surface area contributed by atoms with Crippen molar-refractivity contribution in [1.29, 1.82) is 0 Å². The number of aromatic amines is 2. The van der Waals surface area contributed by atoms with Gasteiger partial charge in [0.25, 0.3) is 0 Å². The van der Waals surface area contributed by atoms with Gasteiger partial charge in [-0.2, -0.15) is 9.97 Å². The highest BCUT2D eigenvalue weighted by Gasteiger charge is 2.23. The molecule has 0 saturated carbocycles. The third kappa shape index (κ3) is 5.00. The lowest BCUT2D eigenvalue weighted by Gasteiger charge is -2.28. The number of nitrogens with zero attached hydrogens (tertiary/aromatic N) is 8. The first-order valence-electron chi connectivity index (χ1n) is 11.2. The molecule has 0 radical (unpaired) electrons. The molecule has 0 atom stereocenters. The highest BCUT2D eigenvalue weighted by Crippen LogP contribution is 2.30. The summed E-state index contributed by atoms with van der Waals surface area (Å²) >= 11 is 11.7. The van der Waals surface area contributed by atoms with E-state index in [1.807, 2.05) is 0 Å². The van der Waals surface area contributed by atoms with E-state index in [2.05, 4.69) is 49.7 Å². The predicted octanol–water partition coefficient (Wildman–Crippen LogP) is 2.85. The van der Waals surface area contributed by atoms with E-state index in [1.165, 1.54) is 0 Å². The van der Waals surface area contributed by atoms with Crippen LogP contribution >= 0.6 is 23.2 Å². The first-order valence-corrected chi connectivity index (χ1v) is 12.0. The van der Waals surface area contributed by atoms with Crippen molar-refractivity contribution in [2.45, 2.75) is 25.9 Å². The number of nitrogens with one attached hydrogen (secondary N) is 2. The predicted molar refractivity (Wildman–Crippen MR) is 134 cm³/mol. The number of ether oxygens (including phenoxy) is 2. The van der Waals surface area contributed by atoms with Crippen LogP contribution in [0.15, 0.2) is 25.0 Å². The molecule has 0 bridgehead atoms. The zero-order valence-electron chi connectivity index (χ0n) is 19.7. The van der Waals surface area contributed by atoms with E-state index < -0.39 is 0 Å². The summed E-state index contributed by atoms with van der Waals surface area (Å²) in [4.78, 5) is 35.4. The number of methoxy groups -OCH3 is 2. The number of hydrogen-bond donors (Lipinski definition) is 2. The summed E-state index contributed by atoms with van der Waals surface area (Å²) < 4.78 is 10.5. The van der Waals surface area contributed by atoms with Gasteiger partial charge in [-0.05, 0) is 23.2 Å². The van der Waals surface area contributed by atoms with Gasteiger partial charge in [-0.15, -0.1) is 0 Å². The van der Waals surface area contributed by atoms with Crippen LogP contribution in [0.5, 0.6) is 11.5 Å². The van der Waals surface area contributed by atoms with Gasteiger partial charge in [-0.25, -0.2) is 19.9 Å². The lowest BCUT2D eigenvalue weighted by atomic mass is 10.1. The molecule has 0 amide bonds. The molecule has 188 valence electrons. The molecule has 4 aromatic rings. The second kappa shape index (κ2) is 10.5.